The van der Waals surface area contributed by atoms with Crippen molar-refractivity contribution in [3.8, 4) is 0 Å². The largest absolute Gasteiger partial charge is 0.394 e. The summed E-state index contributed by atoms with van der Waals surface area (Å²) >= 11 is 0. The summed E-state index contributed by atoms with van der Waals surface area (Å²) in [6, 6.07) is 0. The van der Waals surface area contributed by atoms with Gasteiger partial charge in [-0.05, 0) is 0 Å². The van der Waals surface area contributed by atoms with Crippen molar-refractivity contribution in [2.45, 2.75) is 49.5 Å². The number of hydrogen-bond acceptors (Lipinski definition) is 6. The SMILES string of the molecule is C[Si](C)(C)[C@]1(O)[C@@H](O)O[C@H](CO)[C@@H](O)[C@@H]1O. The summed E-state index contributed by atoms with van der Waals surface area (Å²) in [5.41, 5.74) is 0. The molecule has 1 aliphatic rings. The highest BCUT2D eigenvalue weighted by Crippen LogP contribution is 2.35. The van der Waals surface area contributed by atoms with Gasteiger partial charge in [0.2, 0.25) is 0 Å². The van der Waals surface area contributed by atoms with Crippen molar-refractivity contribution >= 4 is 8.07 Å². The second-order valence-electron chi connectivity index (χ2n) is 5.22. The fraction of sp³-hybridized carbons (Fsp3) is 1.00. The number of rotatable bonds is 2. The second-order valence-corrected chi connectivity index (χ2v) is 10.5. The van der Waals surface area contributed by atoms with Crippen LogP contribution in [0.1, 0.15) is 0 Å². The molecule has 6 nitrogen and oxygen atoms in total. The molecule has 1 rings (SSSR count). The van der Waals surface area contributed by atoms with Gasteiger partial charge < -0.3 is 30.3 Å². The summed E-state index contributed by atoms with van der Waals surface area (Å²) in [6.07, 6.45) is -5.62. The van der Waals surface area contributed by atoms with E-state index in [1.165, 1.54) is 0 Å². The zero-order valence-electron chi connectivity index (χ0n) is 9.66. The molecule has 0 radical (unpaired) electrons. The molecule has 5 atom stereocenters. The van der Waals surface area contributed by atoms with Crippen LogP contribution in [-0.2, 0) is 4.74 Å². The minimum Gasteiger partial charge on any atom is -0.394 e. The fourth-order valence-corrected chi connectivity index (χ4v) is 3.79. The maximum absolute atomic E-state index is 10.3. The van der Waals surface area contributed by atoms with Gasteiger partial charge in [-0.1, -0.05) is 19.6 Å². The quantitative estimate of drug-likeness (QED) is 0.365. The molecular weight excluding hydrogens is 232 g/mol. The molecule has 16 heavy (non-hydrogen) atoms. The normalized spacial score (nSPS) is 45.8. The van der Waals surface area contributed by atoms with E-state index in [0.29, 0.717) is 0 Å². The number of aliphatic hydroxyl groups excluding tert-OH is 4. The predicted octanol–water partition coefficient (Wildman–Crippen LogP) is -1.97. The van der Waals surface area contributed by atoms with Crippen LogP contribution in [0.2, 0.25) is 19.6 Å². The molecule has 1 saturated heterocycles. The van der Waals surface area contributed by atoms with Crippen molar-refractivity contribution < 1.29 is 30.3 Å². The first-order valence-corrected chi connectivity index (χ1v) is 8.69. The van der Waals surface area contributed by atoms with Gasteiger partial charge in [0, 0.05) is 0 Å². The average molecular weight is 252 g/mol. The molecule has 0 aromatic rings. The van der Waals surface area contributed by atoms with Crippen LogP contribution in [0.25, 0.3) is 0 Å². The van der Waals surface area contributed by atoms with E-state index in [9.17, 15) is 20.4 Å². The van der Waals surface area contributed by atoms with Crippen LogP contribution < -0.4 is 0 Å². The molecule has 5 N–H and O–H groups in total. The number of aliphatic hydroxyl groups is 5. The molecule has 0 unspecified atom stereocenters. The van der Waals surface area contributed by atoms with Crippen LogP contribution in [0, 0.1) is 0 Å². The van der Waals surface area contributed by atoms with Crippen molar-refractivity contribution in [1.29, 1.82) is 0 Å². The van der Waals surface area contributed by atoms with E-state index in [4.69, 9.17) is 9.84 Å². The van der Waals surface area contributed by atoms with Crippen molar-refractivity contribution in [2.24, 2.45) is 0 Å². The van der Waals surface area contributed by atoms with Crippen molar-refractivity contribution in [2.75, 3.05) is 6.61 Å². The van der Waals surface area contributed by atoms with Gasteiger partial charge >= 0.3 is 0 Å². The third kappa shape index (κ3) is 1.92. The smallest absolute Gasteiger partial charge is 0.183 e. The first-order chi connectivity index (χ1) is 7.16. The first-order valence-electron chi connectivity index (χ1n) is 5.19. The predicted molar refractivity (Wildman–Crippen MR) is 58.3 cm³/mol. The van der Waals surface area contributed by atoms with E-state index >= 15 is 0 Å². The van der Waals surface area contributed by atoms with Crippen LogP contribution in [0.3, 0.4) is 0 Å². The average Bonchev–Trinajstić information content (AvgIpc) is 2.18. The van der Waals surface area contributed by atoms with Crippen LogP contribution in [0.15, 0.2) is 0 Å². The van der Waals surface area contributed by atoms with Crippen molar-refractivity contribution in [3.05, 3.63) is 0 Å². The Balaban J connectivity index is 3.05. The number of hydrogen-bond donors (Lipinski definition) is 5. The molecule has 0 aromatic carbocycles. The Kier molecular flexibility index (Phi) is 3.80. The van der Waals surface area contributed by atoms with Crippen molar-refractivity contribution in [1.82, 2.24) is 0 Å². The van der Waals surface area contributed by atoms with Crippen LogP contribution in [-0.4, -0.2) is 70.0 Å². The lowest BCUT2D eigenvalue weighted by Gasteiger charge is -2.51. The van der Waals surface area contributed by atoms with Gasteiger partial charge in [0.15, 0.2) is 6.29 Å². The molecule has 1 aliphatic heterocycles. The monoisotopic (exact) mass is 252 g/mol. The van der Waals surface area contributed by atoms with Gasteiger partial charge in [-0.3, -0.25) is 0 Å². The number of ether oxygens (including phenoxy) is 1. The van der Waals surface area contributed by atoms with E-state index in [1.54, 1.807) is 19.6 Å². The van der Waals surface area contributed by atoms with Gasteiger partial charge in [0.05, 0.1) is 14.7 Å². The first kappa shape index (κ1) is 14.0. The molecule has 0 saturated carbocycles. The van der Waals surface area contributed by atoms with E-state index in [0.717, 1.165) is 0 Å². The third-order valence-corrected chi connectivity index (χ3v) is 6.16. The summed E-state index contributed by atoms with van der Waals surface area (Å²) in [5.74, 6) is 0. The van der Waals surface area contributed by atoms with Crippen LogP contribution in [0.5, 0.6) is 0 Å². The molecule has 0 aromatic heterocycles. The third-order valence-electron chi connectivity index (χ3n) is 3.22. The highest BCUT2D eigenvalue weighted by molar-refractivity contribution is 6.79. The van der Waals surface area contributed by atoms with E-state index in [2.05, 4.69) is 0 Å². The van der Waals surface area contributed by atoms with Crippen molar-refractivity contribution in [3.63, 3.8) is 0 Å². The van der Waals surface area contributed by atoms with E-state index in [-0.39, 0.29) is 0 Å². The molecule has 0 spiro atoms. The Labute approximate surface area is 95.1 Å². The maximum Gasteiger partial charge on any atom is 0.183 e. The Morgan fingerprint density at radius 2 is 1.69 bits per heavy atom. The van der Waals surface area contributed by atoms with Crippen LogP contribution in [0.4, 0.5) is 0 Å². The highest BCUT2D eigenvalue weighted by atomic mass is 28.3. The van der Waals surface area contributed by atoms with E-state index in [1.807, 2.05) is 0 Å². The molecule has 0 aliphatic carbocycles. The van der Waals surface area contributed by atoms with Gasteiger partial charge in [-0.25, -0.2) is 0 Å². The van der Waals surface area contributed by atoms with Crippen LogP contribution >= 0.6 is 0 Å². The molecule has 0 bridgehead atoms. The molecule has 96 valence electrons. The molecule has 0 amide bonds. The topological polar surface area (TPSA) is 110 Å². The minimum atomic E-state index is -2.40. The molecule has 1 heterocycles. The fourth-order valence-electron chi connectivity index (χ4n) is 1.92. The van der Waals surface area contributed by atoms with Gasteiger partial charge in [-0.2, -0.15) is 0 Å². The van der Waals surface area contributed by atoms with Gasteiger partial charge in [-0.15, -0.1) is 0 Å². The van der Waals surface area contributed by atoms with Gasteiger partial charge in [0.1, 0.15) is 23.5 Å². The summed E-state index contributed by atoms with van der Waals surface area (Å²) in [5, 5.41) is 46.7. The Morgan fingerprint density at radius 3 is 2.06 bits per heavy atom. The Hall–Kier alpha value is -0.0231. The summed E-state index contributed by atoms with van der Waals surface area (Å²) in [6.45, 7) is 4.70. The Bertz CT molecular complexity index is 255. The lowest BCUT2D eigenvalue weighted by molar-refractivity contribution is -0.305. The van der Waals surface area contributed by atoms with E-state index < -0.39 is 44.5 Å². The maximum atomic E-state index is 10.3. The Morgan fingerprint density at radius 1 is 1.19 bits per heavy atom. The highest BCUT2D eigenvalue weighted by Gasteiger charge is 2.60. The van der Waals surface area contributed by atoms with Gasteiger partial charge in [0.25, 0.3) is 0 Å². The lowest BCUT2D eigenvalue weighted by atomic mass is 9.98. The summed E-state index contributed by atoms with van der Waals surface area (Å²) in [4.78, 5) is 0. The summed E-state index contributed by atoms with van der Waals surface area (Å²) in [7, 11) is -2.40. The lowest BCUT2D eigenvalue weighted by Crippen LogP contribution is -2.75. The zero-order valence-corrected chi connectivity index (χ0v) is 10.7. The standard InChI is InChI=1S/C9H20O6Si/c1-16(2,3)9(14)7(12)6(11)5(4-10)15-8(9)13/h5-8,10-14H,4H2,1-3H3/t5-,6-,7+,8+,9+/m1/s1. The molecular formula is C9H20O6Si. The zero-order chi connectivity index (χ0) is 12.7. The second kappa shape index (κ2) is 4.34. The molecule has 7 heteroatoms. The molecule has 1 fully saturated rings. The minimum absolute atomic E-state index is 0.531. The summed E-state index contributed by atoms with van der Waals surface area (Å²) < 4.78 is 4.94.